The fourth-order valence-corrected chi connectivity index (χ4v) is 4.48. The third kappa shape index (κ3) is 4.22. The summed E-state index contributed by atoms with van der Waals surface area (Å²) in [4.78, 5) is 22.0. The summed E-state index contributed by atoms with van der Waals surface area (Å²) in [6, 6.07) is 20.5. The van der Waals surface area contributed by atoms with E-state index < -0.39 is 28.9 Å². The van der Waals surface area contributed by atoms with Gasteiger partial charge in [0.05, 0.1) is 22.5 Å². The van der Waals surface area contributed by atoms with Gasteiger partial charge in [0.15, 0.2) is 0 Å². The van der Waals surface area contributed by atoms with Crippen LogP contribution in [0.5, 0.6) is 5.88 Å². The maximum absolute atomic E-state index is 13.7. The summed E-state index contributed by atoms with van der Waals surface area (Å²) in [5.74, 6) is -0.644. The molecule has 0 saturated heterocycles. The standard InChI is InChI=1S/C26H16F3N3O2S/c27-26(28,29)20-12-6-7-13-22(20)32-23(33)18-11-5-4-10-17(18)19(24(32)34)14-30-25-31-21(15-35-25)16-8-2-1-3-9-16/h1-15,34H/b30-14+. The Kier molecular flexibility index (Phi) is 5.70. The summed E-state index contributed by atoms with van der Waals surface area (Å²) in [6.45, 7) is 0. The SMILES string of the molecule is O=c1c2ccccc2c(/C=N/c2nc(-c3ccccc3)cs2)c(O)n1-c1ccccc1C(F)(F)F. The number of rotatable bonds is 4. The van der Waals surface area contributed by atoms with Gasteiger partial charge < -0.3 is 5.11 Å². The van der Waals surface area contributed by atoms with E-state index in [2.05, 4.69) is 9.98 Å². The number of aliphatic imine (C=N–C) groups is 1. The molecule has 0 aliphatic rings. The highest BCUT2D eigenvalue weighted by molar-refractivity contribution is 7.13. The van der Waals surface area contributed by atoms with Crippen molar-refractivity contribution in [3.8, 4) is 22.8 Å². The number of hydrogen-bond acceptors (Lipinski definition) is 5. The topological polar surface area (TPSA) is 67.5 Å². The van der Waals surface area contributed by atoms with Crippen LogP contribution < -0.4 is 5.56 Å². The largest absolute Gasteiger partial charge is 0.494 e. The number of alkyl halides is 3. The summed E-state index contributed by atoms with van der Waals surface area (Å²) in [5, 5.41) is 13.8. The lowest BCUT2D eigenvalue weighted by atomic mass is 10.1. The highest BCUT2D eigenvalue weighted by Crippen LogP contribution is 2.36. The van der Waals surface area contributed by atoms with Crippen molar-refractivity contribution >= 4 is 33.5 Å². The first kappa shape index (κ1) is 22.5. The van der Waals surface area contributed by atoms with Crippen LogP contribution in [0, 0.1) is 0 Å². The molecular formula is C26H16F3N3O2S. The van der Waals surface area contributed by atoms with E-state index in [1.165, 1.54) is 35.8 Å². The maximum Gasteiger partial charge on any atom is 0.418 e. The normalized spacial score (nSPS) is 12.0. The molecule has 1 N–H and O–H groups in total. The number of fused-ring (bicyclic) bond motifs is 1. The number of benzene rings is 3. The molecule has 5 rings (SSSR count). The van der Waals surface area contributed by atoms with Crippen LogP contribution >= 0.6 is 11.3 Å². The van der Waals surface area contributed by atoms with Crippen molar-refractivity contribution in [2.24, 2.45) is 4.99 Å². The Balaban J connectivity index is 1.68. The molecule has 2 aromatic heterocycles. The van der Waals surface area contributed by atoms with Gasteiger partial charge in [-0.15, -0.1) is 11.3 Å². The molecule has 9 heteroatoms. The van der Waals surface area contributed by atoms with Gasteiger partial charge in [-0.1, -0.05) is 60.7 Å². The van der Waals surface area contributed by atoms with Crippen LogP contribution in [-0.4, -0.2) is 20.9 Å². The van der Waals surface area contributed by atoms with E-state index in [1.54, 1.807) is 18.2 Å². The van der Waals surface area contributed by atoms with Crippen LogP contribution in [0.1, 0.15) is 11.1 Å². The first-order valence-corrected chi connectivity index (χ1v) is 11.3. The molecule has 0 aliphatic carbocycles. The Morgan fingerprint density at radius 2 is 1.57 bits per heavy atom. The Bertz CT molecular complexity index is 1620. The Labute approximate surface area is 201 Å². The second kappa shape index (κ2) is 8.84. The van der Waals surface area contributed by atoms with Crippen molar-refractivity contribution < 1.29 is 18.3 Å². The first-order chi connectivity index (χ1) is 16.8. The van der Waals surface area contributed by atoms with Crippen molar-refractivity contribution in [3.63, 3.8) is 0 Å². The number of para-hydroxylation sites is 1. The van der Waals surface area contributed by atoms with E-state index in [0.717, 1.165) is 23.4 Å². The molecule has 2 heterocycles. The van der Waals surface area contributed by atoms with Gasteiger partial charge in [0.2, 0.25) is 11.0 Å². The quantitative estimate of drug-likeness (QED) is 0.289. The fourth-order valence-electron chi connectivity index (χ4n) is 3.81. The van der Waals surface area contributed by atoms with Gasteiger partial charge >= 0.3 is 6.18 Å². The summed E-state index contributed by atoms with van der Waals surface area (Å²) < 4.78 is 41.8. The maximum atomic E-state index is 13.7. The van der Waals surface area contributed by atoms with E-state index in [1.807, 2.05) is 35.7 Å². The number of aromatic nitrogens is 2. The van der Waals surface area contributed by atoms with Crippen molar-refractivity contribution in [2.45, 2.75) is 6.18 Å². The molecule has 0 spiro atoms. The average molecular weight is 491 g/mol. The molecular weight excluding hydrogens is 475 g/mol. The predicted octanol–water partition coefficient (Wildman–Crippen LogP) is 6.59. The molecule has 174 valence electrons. The smallest absolute Gasteiger partial charge is 0.418 e. The van der Waals surface area contributed by atoms with Crippen LogP contribution in [0.4, 0.5) is 18.3 Å². The van der Waals surface area contributed by atoms with E-state index in [4.69, 9.17) is 0 Å². The molecule has 0 atom stereocenters. The highest BCUT2D eigenvalue weighted by atomic mass is 32.1. The minimum atomic E-state index is -4.73. The molecule has 0 aliphatic heterocycles. The lowest BCUT2D eigenvalue weighted by Gasteiger charge is -2.17. The summed E-state index contributed by atoms with van der Waals surface area (Å²) in [7, 11) is 0. The van der Waals surface area contributed by atoms with Crippen LogP contribution in [0.3, 0.4) is 0 Å². The monoisotopic (exact) mass is 491 g/mol. The van der Waals surface area contributed by atoms with E-state index in [-0.39, 0.29) is 10.9 Å². The number of hydrogen-bond donors (Lipinski definition) is 1. The van der Waals surface area contributed by atoms with Crippen molar-refractivity contribution in [1.29, 1.82) is 0 Å². The Morgan fingerprint density at radius 1 is 0.914 bits per heavy atom. The third-order valence-corrected chi connectivity index (χ3v) is 6.17. The van der Waals surface area contributed by atoms with Crippen molar-refractivity contribution in [3.05, 3.63) is 106 Å². The number of nitrogens with zero attached hydrogens (tertiary/aromatic N) is 3. The lowest BCUT2D eigenvalue weighted by Crippen LogP contribution is -2.23. The van der Waals surface area contributed by atoms with Gasteiger partial charge in [0, 0.05) is 27.9 Å². The molecule has 0 saturated carbocycles. The van der Waals surface area contributed by atoms with Gasteiger partial charge in [-0.2, -0.15) is 13.2 Å². The number of halogens is 3. The fraction of sp³-hybridized carbons (Fsp3) is 0.0385. The zero-order valence-electron chi connectivity index (χ0n) is 17.9. The molecule has 3 aromatic carbocycles. The summed E-state index contributed by atoms with van der Waals surface area (Å²) in [6.07, 6.45) is -3.41. The first-order valence-electron chi connectivity index (χ1n) is 10.4. The van der Waals surface area contributed by atoms with Crippen molar-refractivity contribution in [2.75, 3.05) is 0 Å². The highest BCUT2D eigenvalue weighted by Gasteiger charge is 2.34. The Hall–Kier alpha value is -4.24. The molecule has 5 nitrogen and oxygen atoms in total. The number of aromatic hydroxyl groups is 1. The minimum Gasteiger partial charge on any atom is -0.494 e. The van der Waals surface area contributed by atoms with Gasteiger partial charge in [-0.3, -0.25) is 4.79 Å². The average Bonchev–Trinajstić information content (AvgIpc) is 3.33. The lowest BCUT2D eigenvalue weighted by molar-refractivity contribution is -0.137. The molecule has 0 fully saturated rings. The van der Waals surface area contributed by atoms with Gasteiger partial charge in [0.25, 0.3) is 5.56 Å². The minimum absolute atomic E-state index is 0.105. The van der Waals surface area contributed by atoms with Gasteiger partial charge in [0.1, 0.15) is 0 Å². The summed E-state index contributed by atoms with van der Waals surface area (Å²) >= 11 is 1.28. The molecule has 0 bridgehead atoms. The van der Waals surface area contributed by atoms with Gasteiger partial charge in [-0.05, 0) is 18.2 Å². The predicted molar refractivity (Wildman–Crippen MR) is 131 cm³/mol. The van der Waals surface area contributed by atoms with E-state index in [9.17, 15) is 23.1 Å². The van der Waals surface area contributed by atoms with Crippen LogP contribution in [0.15, 0.2) is 94.0 Å². The molecule has 0 amide bonds. The zero-order chi connectivity index (χ0) is 24.6. The van der Waals surface area contributed by atoms with Crippen LogP contribution in [0.2, 0.25) is 0 Å². The van der Waals surface area contributed by atoms with E-state index >= 15 is 0 Å². The third-order valence-electron chi connectivity index (χ3n) is 5.42. The summed E-state index contributed by atoms with van der Waals surface area (Å²) in [5.41, 5.74) is -0.538. The zero-order valence-corrected chi connectivity index (χ0v) is 18.7. The van der Waals surface area contributed by atoms with Crippen molar-refractivity contribution in [1.82, 2.24) is 9.55 Å². The Morgan fingerprint density at radius 3 is 2.31 bits per heavy atom. The number of pyridine rings is 1. The van der Waals surface area contributed by atoms with Crippen LogP contribution in [-0.2, 0) is 6.18 Å². The second-order valence-electron chi connectivity index (χ2n) is 7.58. The molecule has 35 heavy (non-hydrogen) atoms. The second-order valence-corrected chi connectivity index (χ2v) is 8.41. The molecule has 0 radical (unpaired) electrons. The van der Waals surface area contributed by atoms with E-state index in [0.29, 0.717) is 15.1 Å². The number of thiazole rings is 1. The molecule has 0 unspecified atom stereocenters. The molecule has 5 aromatic rings. The van der Waals surface area contributed by atoms with Gasteiger partial charge in [-0.25, -0.2) is 14.5 Å². The van der Waals surface area contributed by atoms with Crippen LogP contribution in [0.25, 0.3) is 27.7 Å².